The van der Waals surface area contributed by atoms with Gasteiger partial charge in [-0.2, -0.15) is 4.98 Å². The van der Waals surface area contributed by atoms with Crippen molar-refractivity contribution in [2.75, 3.05) is 18.9 Å². The highest BCUT2D eigenvalue weighted by Gasteiger charge is 2.57. The average Bonchev–Trinajstić information content (AvgIpc) is 1.66. The number of nitrogens with one attached hydrogen (secondary N) is 4. The number of allylic oxidation sites excluding steroid dienone is 3. The van der Waals surface area contributed by atoms with Crippen LogP contribution in [0.3, 0.4) is 0 Å². The predicted octanol–water partition coefficient (Wildman–Crippen LogP) is 5.37. The Labute approximate surface area is 594 Å². The van der Waals surface area contributed by atoms with E-state index in [1.54, 1.807) is 40.7 Å². The van der Waals surface area contributed by atoms with Crippen molar-refractivity contribution in [1.82, 2.24) is 47.8 Å². The second kappa shape index (κ2) is 35.1. The summed E-state index contributed by atoms with van der Waals surface area (Å²) in [6.07, 6.45) is 4.73. The van der Waals surface area contributed by atoms with Crippen molar-refractivity contribution in [2.24, 2.45) is 41.4 Å². The largest absolute Gasteiger partial charge is 0.393 e. The molecule has 0 amide bonds. The minimum Gasteiger partial charge on any atom is -0.393 e. The number of aromatic nitrogens is 10. The summed E-state index contributed by atoms with van der Waals surface area (Å²) >= 11 is 0. The molecule has 0 saturated carbocycles. The Balaban J connectivity index is 0.000000204. The van der Waals surface area contributed by atoms with E-state index in [0.29, 0.717) is 43.8 Å². The molecule has 5 aliphatic heterocycles. The molecule has 0 spiro atoms. The van der Waals surface area contributed by atoms with Gasteiger partial charge in [0.05, 0.1) is 30.0 Å². The number of halogens is 5. The molecule has 104 heavy (non-hydrogen) atoms. The van der Waals surface area contributed by atoms with Gasteiger partial charge < -0.3 is 49.5 Å². The molecule has 34 heteroatoms. The Morgan fingerprint density at radius 1 is 0.452 bits per heavy atom. The van der Waals surface area contributed by atoms with Crippen LogP contribution in [0.1, 0.15) is 154 Å². The van der Waals surface area contributed by atoms with Gasteiger partial charge in [0, 0.05) is 78.9 Å². The van der Waals surface area contributed by atoms with E-state index in [2.05, 4.69) is 28.8 Å². The van der Waals surface area contributed by atoms with Crippen LogP contribution in [0, 0.1) is 41.4 Å². The minimum atomic E-state index is -1.94. The number of aliphatic hydroxyl groups is 3. The molecule has 10 heterocycles. The summed E-state index contributed by atoms with van der Waals surface area (Å²) in [6, 6.07) is 5.95. The van der Waals surface area contributed by atoms with Gasteiger partial charge in [0.25, 0.3) is 22.2 Å². The summed E-state index contributed by atoms with van der Waals surface area (Å²) in [6.45, 7) is 25.2. The van der Waals surface area contributed by atoms with E-state index < -0.39 is 171 Å². The number of hydrogen-bond acceptors (Lipinski definition) is 20. The number of carbonyl (C=O) groups is 1. The first-order chi connectivity index (χ1) is 48.8. The van der Waals surface area contributed by atoms with Crippen molar-refractivity contribution in [3.05, 3.63) is 192 Å². The highest BCUT2D eigenvalue weighted by molar-refractivity contribution is 5.64. The van der Waals surface area contributed by atoms with Crippen molar-refractivity contribution >= 4 is 12.1 Å². The van der Waals surface area contributed by atoms with Crippen molar-refractivity contribution in [3.63, 3.8) is 0 Å². The third kappa shape index (κ3) is 18.1. The van der Waals surface area contributed by atoms with E-state index in [4.69, 9.17) is 29.4 Å². The van der Waals surface area contributed by atoms with Crippen LogP contribution in [0.2, 0.25) is 0 Å². The molecular formula is C70H98F5N11O18. The molecule has 29 nitrogen and oxygen atoms in total. The maximum Gasteiger partial charge on any atom is 0.351 e. The molecule has 0 bridgehead atoms. The summed E-state index contributed by atoms with van der Waals surface area (Å²) < 4.78 is 106. The monoisotopic (exact) mass is 1480 g/mol. The van der Waals surface area contributed by atoms with Gasteiger partial charge in [-0.05, 0) is 49.5 Å². The Hall–Kier alpha value is -8.38. The van der Waals surface area contributed by atoms with Crippen LogP contribution in [0.15, 0.2) is 141 Å². The molecule has 5 saturated heterocycles. The van der Waals surface area contributed by atoms with Crippen LogP contribution >= 0.6 is 0 Å². The van der Waals surface area contributed by atoms with E-state index in [-0.39, 0.29) is 24.3 Å². The molecule has 9 N–H and O–H groups in total. The number of aromatic amines is 4. The lowest BCUT2D eigenvalue weighted by molar-refractivity contribution is -0.139. The number of aliphatic hydroxyl groups excluding tert-OH is 3. The summed E-state index contributed by atoms with van der Waals surface area (Å²) in [5.41, 5.74) is -5.70. The third-order valence-corrected chi connectivity index (χ3v) is 19.8. The fourth-order valence-corrected chi connectivity index (χ4v) is 12.8. The normalized spacial score (nSPS) is 33.0. The lowest BCUT2D eigenvalue weighted by Gasteiger charge is -2.29. The number of nitrogens with zero attached hydrogens (tertiary/aromatic N) is 6. The second-order valence-corrected chi connectivity index (χ2v) is 27.5. The topological polar surface area (TPSA) is 404 Å². The second-order valence-electron chi connectivity index (χ2n) is 27.5. The predicted molar refractivity (Wildman–Crippen MR) is 373 cm³/mol. The first-order valence-electron chi connectivity index (χ1n) is 34.5. The van der Waals surface area contributed by atoms with Crippen LogP contribution in [-0.2, 0) is 28.5 Å². The van der Waals surface area contributed by atoms with Gasteiger partial charge >= 0.3 is 28.4 Å². The number of carbonyl (C=O) groups excluding carboxylic acids is 1. The zero-order chi connectivity index (χ0) is 77.9. The van der Waals surface area contributed by atoms with Crippen molar-refractivity contribution in [2.45, 2.75) is 219 Å². The molecule has 5 aliphatic rings. The van der Waals surface area contributed by atoms with Crippen LogP contribution in [0.25, 0.3) is 0 Å². The Bertz CT molecular complexity index is 4260. The SMILES string of the molecule is CC(C)/C=C/[C@]1(CO)O[C@@H](n2ccc(=O)[nH]c2=O)[C@H](F)[C@@H]1O.CC[C@@]1(/C=C/C(C)C)O[C@@H](n2ccc(=O)[nH]c2=O)[C@H](F)[C@@H]1C.CC[C@@]1(/C=C/C(C)C)O[C@@H](n2ccc(N)nc2=O)[C@H](F)[C@@H]1C.CC[C@@]1(C=O)O[C@@H](n2ccc(=O)[nH]c2=O)[C@H](F)[C@@H]1C.CC[C@@]1(CO)O[C@@H](n2ccc(=O)[nH]c2=O)[C@H](F)[C@@H]1C. The number of nitrogens with two attached hydrogens (primary N) is 1. The lowest BCUT2D eigenvalue weighted by atomic mass is 9.84. The average molecular weight is 1480 g/mol. The standard InChI is InChI=1S/C16H24FN3O2.C16H23FN2O3.C14H19FN2O5.C12H17FN2O4.C12H15FN2O4/c1-5-16(8-6-10(2)3)11(4)13(17)14(22-16)20-9-7-12(18)19-15(20)21;1-5-16(8-6-10(2)3)11(4)13(17)14(22-16)19-9-7-12(20)18-15(19)21;1-8(2)3-5-14(7-18)11(20)10(15)12(22-14)17-6-4-9(19)16-13(17)21;2*1-3-12(6-16)7(2)9(13)10(19-12)15-5-4-8(17)14-11(15)18/h6-11,13-14H,5H2,1-4H3,(H2,18,19,21);6-11,13-14H,5H2,1-4H3,(H,18,20,21);3-6,8,10-12,18,20H,7H2,1-2H3,(H,16,19,21);4-5,7,9-10,16H,3,6H2,1-2H3,(H,14,17,18);4-7,9-10H,3H2,1-2H3,(H,14,17,18)/b2*8-6+;5-3+;;/t2*11-,13+,14+,16-;10-,11+,12-,14-;2*7-,9+,10+,12-/m00100/s1. The molecule has 20 atom stereocenters. The zero-order valence-electron chi connectivity index (χ0n) is 60.6. The van der Waals surface area contributed by atoms with Gasteiger partial charge in [-0.25, -0.2) is 45.9 Å². The maximum atomic E-state index is 14.8. The molecule has 0 radical (unpaired) electrons. The summed E-state index contributed by atoms with van der Waals surface area (Å²) in [5.74, 6) is -1.08. The van der Waals surface area contributed by atoms with Gasteiger partial charge in [0.15, 0.2) is 68.3 Å². The molecule has 576 valence electrons. The highest BCUT2D eigenvalue weighted by atomic mass is 19.2. The third-order valence-electron chi connectivity index (χ3n) is 19.8. The van der Waals surface area contributed by atoms with E-state index >= 15 is 0 Å². The first kappa shape index (κ1) is 84.6. The molecule has 5 aromatic heterocycles. The Kier molecular flexibility index (Phi) is 28.6. The quantitative estimate of drug-likeness (QED) is 0.0311. The van der Waals surface area contributed by atoms with E-state index in [1.807, 2.05) is 82.7 Å². The van der Waals surface area contributed by atoms with Crippen molar-refractivity contribution in [1.29, 1.82) is 0 Å². The summed E-state index contributed by atoms with van der Waals surface area (Å²) in [5, 5.41) is 29.1. The van der Waals surface area contributed by atoms with Crippen LogP contribution in [-0.4, -0.2) is 148 Å². The number of rotatable bonds is 18. The first-order valence-corrected chi connectivity index (χ1v) is 34.5. The molecule has 5 aromatic rings. The number of nitrogen functional groups attached to an aromatic ring is 1. The number of anilines is 1. The number of hydrogen-bond donors (Lipinski definition) is 8. The molecule has 5 fully saturated rings. The zero-order valence-corrected chi connectivity index (χ0v) is 60.6. The van der Waals surface area contributed by atoms with Crippen LogP contribution in [0.5, 0.6) is 0 Å². The number of H-pyrrole nitrogens is 4. The van der Waals surface area contributed by atoms with Crippen LogP contribution in [0.4, 0.5) is 27.8 Å². The van der Waals surface area contributed by atoms with Crippen molar-refractivity contribution in [3.8, 4) is 0 Å². The van der Waals surface area contributed by atoms with E-state index in [1.165, 1.54) is 47.6 Å². The highest BCUT2D eigenvalue weighted by Crippen LogP contribution is 2.49. The number of ether oxygens (including phenoxy) is 5. The number of alkyl halides is 5. The van der Waals surface area contributed by atoms with E-state index in [0.717, 1.165) is 42.7 Å². The molecule has 0 aromatic carbocycles. The molecule has 0 aliphatic carbocycles. The van der Waals surface area contributed by atoms with Gasteiger partial charge in [-0.15, -0.1) is 0 Å². The van der Waals surface area contributed by atoms with Gasteiger partial charge in [0.1, 0.15) is 23.1 Å². The van der Waals surface area contributed by atoms with Crippen LogP contribution < -0.4 is 56.4 Å². The molecule has 0 unspecified atom stereocenters. The lowest BCUT2D eigenvalue weighted by Crippen LogP contribution is -2.43. The Morgan fingerprint density at radius 2 is 0.750 bits per heavy atom. The van der Waals surface area contributed by atoms with E-state index in [9.17, 15) is 85.2 Å². The number of aldehydes is 1. The minimum absolute atomic E-state index is 0.104. The van der Waals surface area contributed by atoms with Gasteiger partial charge in [-0.1, -0.05) is 133 Å². The fourth-order valence-electron chi connectivity index (χ4n) is 12.8. The van der Waals surface area contributed by atoms with Gasteiger partial charge in [-0.3, -0.25) is 61.9 Å². The molecule has 10 rings (SSSR count). The summed E-state index contributed by atoms with van der Waals surface area (Å²) in [7, 11) is 0. The van der Waals surface area contributed by atoms with Crippen molar-refractivity contribution < 1.29 is 65.8 Å². The molecular weight excluding hydrogens is 1380 g/mol. The summed E-state index contributed by atoms with van der Waals surface area (Å²) in [4.78, 5) is 126. The fraction of sp³-hybridized carbons (Fsp3) is 0.614. The maximum absolute atomic E-state index is 14.8. The van der Waals surface area contributed by atoms with Gasteiger partial charge in [0.2, 0.25) is 0 Å². The Morgan fingerprint density at radius 3 is 1.04 bits per heavy atom. The smallest absolute Gasteiger partial charge is 0.351 e.